The average Bonchev–Trinajstić information content (AvgIpc) is 3.17. The monoisotopic (exact) mass is 298 g/mol. The number of carbonyl (C=O) groups is 2. The van der Waals surface area contributed by atoms with E-state index in [0.29, 0.717) is 42.8 Å². The van der Waals surface area contributed by atoms with Gasteiger partial charge in [0.1, 0.15) is 5.78 Å². The summed E-state index contributed by atoms with van der Waals surface area (Å²) in [4.78, 5) is 23.0. The molecule has 0 aromatic rings. The number of carboxylic acids is 1. The topological polar surface area (TPSA) is 74.6 Å². The van der Waals surface area contributed by atoms with E-state index < -0.39 is 18.0 Å². The van der Waals surface area contributed by atoms with Crippen molar-refractivity contribution in [3.05, 3.63) is 0 Å². The van der Waals surface area contributed by atoms with Gasteiger partial charge < -0.3 is 10.2 Å². The van der Waals surface area contributed by atoms with Gasteiger partial charge in [-0.2, -0.15) is 0 Å². The second-order valence-electron chi connectivity index (χ2n) is 6.77. The van der Waals surface area contributed by atoms with Crippen molar-refractivity contribution in [2.75, 3.05) is 0 Å². The minimum Gasteiger partial charge on any atom is -0.481 e. The Morgan fingerprint density at radius 1 is 1.19 bits per heavy atom. The Labute approximate surface area is 127 Å². The molecule has 0 aromatic heterocycles. The van der Waals surface area contributed by atoms with Crippen LogP contribution < -0.4 is 0 Å². The molecular weight excluding hydrogens is 268 g/mol. The molecule has 0 saturated heterocycles. The fraction of sp³-hybridized carbons (Fsp3) is 0.882. The largest absolute Gasteiger partial charge is 0.481 e. The van der Waals surface area contributed by atoms with Crippen molar-refractivity contribution in [1.82, 2.24) is 0 Å². The molecule has 1 rings (SSSR count). The van der Waals surface area contributed by atoms with E-state index in [0.717, 1.165) is 12.8 Å². The predicted molar refractivity (Wildman–Crippen MR) is 81.9 cm³/mol. The lowest BCUT2D eigenvalue weighted by Crippen LogP contribution is -2.28. The second kappa shape index (κ2) is 7.92. The average molecular weight is 298 g/mol. The molecule has 0 amide bonds. The van der Waals surface area contributed by atoms with Gasteiger partial charge in [-0.15, -0.1) is 0 Å². The van der Waals surface area contributed by atoms with E-state index in [2.05, 4.69) is 6.92 Å². The van der Waals surface area contributed by atoms with Gasteiger partial charge in [-0.1, -0.05) is 27.7 Å². The number of aliphatic hydroxyl groups is 1. The van der Waals surface area contributed by atoms with Gasteiger partial charge in [0.2, 0.25) is 0 Å². The minimum absolute atomic E-state index is 0.131. The van der Waals surface area contributed by atoms with E-state index in [4.69, 9.17) is 5.11 Å². The highest BCUT2D eigenvalue weighted by atomic mass is 16.4. The number of carboxylic acid groups (broad SMARTS) is 1. The summed E-state index contributed by atoms with van der Waals surface area (Å²) in [6, 6.07) is 0. The van der Waals surface area contributed by atoms with Crippen molar-refractivity contribution in [2.24, 2.45) is 29.6 Å². The van der Waals surface area contributed by atoms with Crippen molar-refractivity contribution in [3.63, 3.8) is 0 Å². The molecule has 4 heteroatoms. The van der Waals surface area contributed by atoms with Crippen LogP contribution in [0.5, 0.6) is 0 Å². The van der Waals surface area contributed by atoms with Gasteiger partial charge in [0.15, 0.2) is 0 Å². The summed E-state index contributed by atoms with van der Waals surface area (Å²) in [6.45, 7) is 7.90. The summed E-state index contributed by atoms with van der Waals surface area (Å²) < 4.78 is 0. The van der Waals surface area contributed by atoms with E-state index in [1.54, 1.807) is 6.92 Å². The van der Waals surface area contributed by atoms with Crippen LogP contribution in [0, 0.1) is 29.6 Å². The molecular formula is C17H30O4. The van der Waals surface area contributed by atoms with Crippen LogP contribution in [0.25, 0.3) is 0 Å². The number of hydrogen-bond acceptors (Lipinski definition) is 3. The second-order valence-corrected chi connectivity index (χ2v) is 6.77. The predicted octanol–water partition coefficient (Wildman–Crippen LogP) is 3.13. The van der Waals surface area contributed by atoms with Crippen LogP contribution in [0.4, 0.5) is 0 Å². The molecule has 0 heterocycles. The highest BCUT2D eigenvalue weighted by Gasteiger charge is 2.43. The molecule has 122 valence electrons. The number of aliphatic hydroxyl groups excluding tert-OH is 1. The molecule has 4 nitrogen and oxygen atoms in total. The van der Waals surface area contributed by atoms with E-state index in [1.165, 1.54) is 0 Å². The van der Waals surface area contributed by atoms with Gasteiger partial charge in [-0.25, -0.2) is 0 Å². The molecule has 0 radical (unpaired) electrons. The van der Waals surface area contributed by atoms with Crippen molar-refractivity contribution >= 4 is 11.8 Å². The third-order valence-corrected chi connectivity index (χ3v) is 5.16. The lowest BCUT2D eigenvalue weighted by molar-refractivity contribution is -0.146. The Balaban J connectivity index is 2.39. The highest BCUT2D eigenvalue weighted by molar-refractivity contribution is 5.80. The van der Waals surface area contributed by atoms with Crippen LogP contribution in [-0.4, -0.2) is 28.1 Å². The number of carbonyl (C=O) groups excluding carboxylic acids is 1. The molecule has 0 bridgehead atoms. The van der Waals surface area contributed by atoms with E-state index in [9.17, 15) is 14.7 Å². The molecule has 21 heavy (non-hydrogen) atoms. The van der Waals surface area contributed by atoms with E-state index in [1.807, 2.05) is 13.8 Å². The maximum absolute atomic E-state index is 12.0. The molecule has 1 aliphatic carbocycles. The number of aliphatic carboxylic acids is 1. The number of ketones is 1. The third kappa shape index (κ3) is 5.10. The number of Topliss-reactive ketones (excluding diaryl/α,β-unsaturated/α-hetero) is 1. The van der Waals surface area contributed by atoms with Crippen LogP contribution in [0.3, 0.4) is 0 Å². The Hall–Kier alpha value is -0.900. The standard InChI is InChI=1S/C17H30O4/c1-5-10(3)15(18)7-11(4)14-8-12(14)9-16(19)13(6-2)17(20)21/h10-14,16,19H,5-9H2,1-4H3,(H,20,21)/t10-,11?,12?,13+,14?,16+/m0/s1. The Morgan fingerprint density at radius 3 is 2.29 bits per heavy atom. The molecule has 1 fully saturated rings. The number of rotatable bonds is 10. The van der Waals surface area contributed by atoms with E-state index in [-0.39, 0.29) is 5.92 Å². The Kier molecular flexibility index (Phi) is 6.85. The maximum Gasteiger partial charge on any atom is 0.309 e. The first kappa shape index (κ1) is 18.1. The first-order chi connectivity index (χ1) is 9.81. The van der Waals surface area contributed by atoms with Gasteiger partial charge in [0, 0.05) is 12.3 Å². The lowest BCUT2D eigenvalue weighted by Gasteiger charge is -2.18. The van der Waals surface area contributed by atoms with E-state index >= 15 is 0 Å². The maximum atomic E-state index is 12.0. The van der Waals surface area contributed by atoms with Crippen LogP contribution in [-0.2, 0) is 9.59 Å². The molecule has 3 unspecified atom stereocenters. The van der Waals surface area contributed by atoms with Gasteiger partial charge in [0.25, 0.3) is 0 Å². The minimum atomic E-state index is -0.915. The molecule has 0 aliphatic heterocycles. The molecule has 1 saturated carbocycles. The first-order valence-electron chi connectivity index (χ1n) is 8.25. The van der Waals surface area contributed by atoms with Gasteiger partial charge in [-0.3, -0.25) is 9.59 Å². The van der Waals surface area contributed by atoms with Crippen molar-refractivity contribution < 1.29 is 19.8 Å². The SMILES string of the molecule is CC[C@H](C)C(=O)CC(C)C1CC1C[C@@H](O)[C@@H](CC)C(=O)O. The van der Waals surface area contributed by atoms with Gasteiger partial charge in [-0.05, 0) is 43.4 Å². The zero-order valence-corrected chi connectivity index (χ0v) is 13.7. The summed E-state index contributed by atoms with van der Waals surface area (Å²) in [6.07, 6.45) is 2.76. The van der Waals surface area contributed by atoms with Crippen LogP contribution in [0.15, 0.2) is 0 Å². The smallest absolute Gasteiger partial charge is 0.309 e. The summed E-state index contributed by atoms with van der Waals surface area (Å²) in [5.74, 6) is 0.0751. The molecule has 0 spiro atoms. The fourth-order valence-corrected chi connectivity index (χ4v) is 3.22. The molecule has 6 atom stereocenters. The van der Waals surface area contributed by atoms with Crippen molar-refractivity contribution in [1.29, 1.82) is 0 Å². The summed E-state index contributed by atoms with van der Waals surface area (Å²) >= 11 is 0. The molecule has 0 aromatic carbocycles. The normalized spacial score (nSPS) is 26.7. The molecule has 2 N–H and O–H groups in total. The Bertz CT molecular complexity index is 366. The van der Waals surface area contributed by atoms with Crippen LogP contribution in [0.2, 0.25) is 0 Å². The Morgan fingerprint density at radius 2 is 1.81 bits per heavy atom. The number of hydrogen-bond donors (Lipinski definition) is 2. The zero-order valence-electron chi connectivity index (χ0n) is 13.7. The van der Waals surface area contributed by atoms with Gasteiger partial charge >= 0.3 is 5.97 Å². The summed E-state index contributed by atoms with van der Waals surface area (Å²) in [5.41, 5.74) is 0. The summed E-state index contributed by atoms with van der Waals surface area (Å²) in [5, 5.41) is 19.1. The van der Waals surface area contributed by atoms with Crippen LogP contribution in [0.1, 0.15) is 59.8 Å². The quantitative estimate of drug-likeness (QED) is 0.650. The van der Waals surface area contributed by atoms with Crippen molar-refractivity contribution in [2.45, 2.75) is 65.9 Å². The highest BCUT2D eigenvalue weighted by Crippen LogP contribution is 2.49. The lowest BCUT2D eigenvalue weighted by atomic mass is 9.89. The zero-order chi connectivity index (χ0) is 16.2. The molecule has 1 aliphatic rings. The fourth-order valence-electron chi connectivity index (χ4n) is 3.22. The summed E-state index contributed by atoms with van der Waals surface area (Å²) in [7, 11) is 0. The van der Waals surface area contributed by atoms with Gasteiger partial charge in [0.05, 0.1) is 12.0 Å². The first-order valence-corrected chi connectivity index (χ1v) is 8.25. The van der Waals surface area contributed by atoms with Crippen LogP contribution >= 0.6 is 0 Å². The van der Waals surface area contributed by atoms with Crippen molar-refractivity contribution in [3.8, 4) is 0 Å². The third-order valence-electron chi connectivity index (χ3n) is 5.16.